The molecule has 4 aliphatic rings. The van der Waals surface area contributed by atoms with E-state index in [1.54, 1.807) is 18.1 Å². The highest BCUT2D eigenvalue weighted by molar-refractivity contribution is 6.01. The molecule has 1 spiro atoms. The van der Waals surface area contributed by atoms with Crippen molar-refractivity contribution in [2.75, 3.05) is 44.7 Å². The van der Waals surface area contributed by atoms with Gasteiger partial charge in [-0.25, -0.2) is 8.78 Å². The van der Waals surface area contributed by atoms with Gasteiger partial charge in [0.25, 0.3) is 5.91 Å². The van der Waals surface area contributed by atoms with Crippen molar-refractivity contribution in [2.45, 2.75) is 63.3 Å². The van der Waals surface area contributed by atoms with E-state index < -0.39 is 23.5 Å². The molecule has 6 rings (SSSR count). The number of ether oxygens (including phenoxy) is 1. The van der Waals surface area contributed by atoms with Gasteiger partial charge in [0.05, 0.1) is 13.0 Å². The monoisotopic (exact) mass is 594 g/mol. The zero-order chi connectivity index (χ0) is 30.1. The normalized spacial score (nSPS) is 23.1. The summed E-state index contributed by atoms with van der Waals surface area (Å²) in [5.74, 6) is -1.77. The van der Waals surface area contributed by atoms with E-state index in [1.165, 1.54) is 12.1 Å². The van der Waals surface area contributed by atoms with E-state index in [1.807, 2.05) is 18.2 Å². The fraction of sp³-hybridized carbons (Fsp3) is 0.545. The molecule has 8 nitrogen and oxygen atoms in total. The number of imide groups is 1. The first-order valence-corrected chi connectivity index (χ1v) is 15.5. The van der Waals surface area contributed by atoms with Crippen molar-refractivity contribution in [3.63, 3.8) is 0 Å². The summed E-state index contributed by atoms with van der Waals surface area (Å²) in [7, 11) is 1.60. The molecule has 43 heavy (non-hydrogen) atoms. The van der Waals surface area contributed by atoms with Crippen LogP contribution in [0.4, 0.5) is 14.5 Å². The lowest BCUT2D eigenvalue weighted by atomic mass is 9.60. The molecular weight excluding hydrogens is 554 g/mol. The van der Waals surface area contributed by atoms with Crippen LogP contribution in [0.25, 0.3) is 0 Å². The molecule has 10 heteroatoms. The van der Waals surface area contributed by atoms with Crippen molar-refractivity contribution in [3.8, 4) is 5.75 Å². The molecule has 1 saturated carbocycles. The van der Waals surface area contributed by atoms with Crippen LogP contribution in [0.3, 0.4) is 0 Å². The number of rotatable bonds is 7. The molecule has 2 N–H and O–H groups in total. The molecule has 0 bridgehead atoms. The predicted molar refractivity (Wildman–Crippen MR) is 158 cm³/mol. The van der Waals surface area contributed by atoms with E-state index in [9.17, 15) is 14.4 Å². The fourth-order valence-electron chi connectivity index (χ4n) is 7.54. The summed E-state index contributed by atoms with van der Waals surface area (Å²) in [6, 6.07) is 9.95. The Balaban J connectivity index is 0.943. The number of anilines is 1. The Morgan fingerprint density at radius 2 is 1.72 bits per heavy atom. The average molecular weight is 595 g/mol. The molecule has 1 aliphatic carbocycles. The highest BCUT2D eigenvalue weighted by atomic mass is 19.1. The van der Waals surface area contributed by atoms with E-state index in [4.69, 9.17) is 4.74 Å². The molecule has 230 valence electrons. The maximum atomic E-state index is 15.1. The number of carbonyl (C=O) groups is 3. The van der Waals surface area contributed by atoms with Gasteiger partial charge >= 0.3 is 0 Å². The van der Waals surface area contributed by atoms with E-state index in [-0.39, 0.29) is 41.9 Å². The van der Waals surface area contributed by atoms with Crippen LogP contribution in [-0.2, 0) is 9.59 Å². The van der Waals surface area contributed by atoms with Gasteiger partial charge in [-0.3, -0.25) is 19.7 Å². The molecule has 1 atom stereocenters. The number of nitrogens with zero attached hydrogens (tertiary/aromatic N) is 2. The topological polar surface area (TPSA) is 91.0 Å². The number of carbonyl (C=O) groups excluding carboxylic acids is 3. The van der Waals surface area contributed by atoms with Gasteiger partial charge in [0.2, 0.25) is 11.8 Å². The summed E-state index contributed by atoms with van der Waals surface area (Å²) in [4.78, 5) is 40.6. The Hall–Kier alpha value is -3.53. The summed E-state index contributed by atoms with van der Waals surface area (Å²) in [5.41, 5.74) is 1.20. The smallest absolute Gasteiger partial charge is 0.251 e. The predicted octanol–water partition coefficient (Wildman–Crippen LogP) is 4.38. The quantitative estimate of drug-likeness (QED) is 0.463. The zero-order valence-electron chi connectivity index (χ0n) is 24.7. The number of piperidine rings is 3. The largest absolute Gasteiger partial charge is 0.497 e. The number of halogens is 2. The number of likely N-dealkylation sites (tertiary alicyclic amines) is 1. The first-order valence-electron chi connectivity index (χ1n) is 15.5. The maximum absolute atomic E-state index is 15.1. The second-order valence-corrected chi connectivity index (χ2v) is 12.9. The van der Waals surface area contributed by atoms with E-state index in [2.05, 4.69) is 15.5 Å². The van der Waals surface area contributed by atoms with Crippen molar-refractivity contribution in [1.82, 2.24) is 15.5 Å². The van der Waals surface area contributed by atoms with Crippen LogP contribution in [0.2, 0.25) is 0 Å². The van der Waals surface area contributed by atoms with Crippen molar-refractivity contribution >= 4 is 23.4 Å². The minimum Gasteiger partial charge on any atom is -0.497 e. The number of nitrogens with one attached hydrogen (secondary N) is 2. The molecule has 2 aromatic carbocycles. The summed E-state index contributed by atoms with van der Waals surface area (Å²) >= 11 is 0. The summed E-state index contributed by atoms with van der Waals surface area (Å²) in [5, 5.41) is 5.44. The number of hydrogen-bond acceptors (Lipinski definition) is 6. The van der Waals surface area contributed by atoms with Gasteiger partial charge < -0.3 is 19.9 Å². The van der Waals surface area contributed by atoms with E-state index in [0.717, 1.165) is 58.2 Å². The lowest BCUT2D eigenvalue weighted by molar-refractivity contribution is -0.134. The number of amides is 3. The summed E-state index contributed by atoms with van der Waals surface area (Å²) in [6.07, 6.45) is 6.47. The van der Waals surface area contributed by atoms with Gasteiger partial charge in [0, 0.05) is 37.7 Å². The molecule has 0 aromatic heterocycles. The third kappa shape index (κ3) is 6.39. The van der Waals surface area contributed by atoms with Crippen LogP contribution in [0, 0.1) is 23.0 Å². The first-order chi connectivity index (χ1) is 20.7. The first kappa shape index (κ1) is 29.5. The molecule has 0 radical (unpaired) electrons. The summed E-state index contributed by atoms with van der Waals surface area (Å²) in [6.45, 7) is 4.26. The lowest BCUT2D eigenvalue weighted by Gasteiger charge is -2.52. The van der Waals surface area contributed by atoms with Crippen molar-refractivity contribution in [3.05, 3.63) is 59.2 Å². The van der Waals surface area contributed by atoms with Crippen LogP contribution >= 0.6 is 0 Å². The van der Waals surface area contributed by atoms with Gasteiger partial charge in [0.15, 0.2) is 0 Å². The minimum absolute atomic E-state index is 0.0209. The van der Waals surface area contributed by atoms with Gasteiger partial charge in [-0.15, -0.1) is 0 Å². The average Bonchev–Trinajstić information content (AvgIpc) is 2.98. The molecule has 2 aromatic rings. The van der Waals surface area contributed by atoms with Crippen molar-refractivity contribution in [1.29, 1.82) is 0 Å². The van der Waals surface area contributed by atoms with Crippen LogP contribution in [0.5, 0.6) is 5.75 Å². The Morgan fingerprint density at radius 1 is 1.02 bits per heavy atom. The third-order valence-corrected chi connectivity index (χ3v) is 10.1. The van der Waals surface area contributed by atoms with Gasteiger partial charge in [0.1, 0.15) is 23.1 Å². The maximum Gasteiger partial charge on any atom is 0.251 e. The van der Waals surface area contributed by atoms with Crippen LogP contribution in [0.1, 0.15) is 73.2 Å². The van der Waals surface area contributed by atoms with Crippen LogP contribution in [-0.4, -0.2) is 68.5 Å². The summed E-state index contributed by atoms with van der Waals surface area (Å²) < 4.78 is 35.5. The van der Waals surface area contributed by atoms with Crippen LogP contribution < -0.4 is 20.3 Å². The van der Waals surface area contributed by atoms with Crippen molar-refractivity contribution in [2.24, 2.45) is 11.3 Å². The zero-order valence-corrected chi connectivity index (χ0v) is 24.7. The second-order valence-electron chi connectivity index (χ2n) is 12.9. The Labute approximate surface area is 251 Å². The standard InChI is InChI=1S/C33H40F2N4O4/c1-43-25-4-2-3-22(15-25)31(41)36-24-18-33(19-24)9-13-38(14-10-33)20-21-7-11-39(12-8-21)30-27(34)16-23(17-28(30)35)26-5-6-29(40)37-32(26)42/h2-4,15-17,21,24,26H,5-14,18-20H2,1H3,(H,36,41)(H,37,40,42). The molecule has 4 fully saturated rings. The SMILES string of the molecule is COc1cccc(C(=O)NC2CC3(CCN(CC4CCN(c5c(F)cc(C6CCC(=O)NC6=O)cc5F)CC4)CC3)C2)c1. The Bertz CT molecular complexity index is 1350. The minimum atomic E-state index is -0.714. The Kier molecular flexibility index (Phi) is 8.40. The lowest BCUT2D eigenvalue weighted by Crippen LogP contribution is -2.55. The fourth-order valence-corrected chi connectivity index (χ4v) is 7.54. The molecule has 3 aliphatic heterocycles. The highest BCUT2D eigenvalue weighted by Gasteiger charge is 2.46. The van der Waals surface area contributed by atoms with Crippen LogP contribution in [0.15, 0.2) is 36.4 Å². The number of hydrogen-bond donors (Lipinski definition) is 2. The van der Waals surface area contributed by atoms with Gasteiger partial charge in [-0.1, -0.05) is 6.07 Å². The second kappa shape index (κ2) is 12.2. The van der Waals surface area contributed by atoms with Crippen molar-refractivity contribution < 1.29 is 27.9 Å². The molecule has 3 saturated heterocycles. The highest BCUT2D eigenvalue weighted by Crippen LogP contribution is 2.49. The molecule has 1 unspecified atom stereocenters. The number of benzene rings is 2. The van der Waals surface area contributed by atoms with E-state index in [0.29, 0.717) is 35.7 Å². The molecule has 3 amide bonds. The van der Waals surface area contributed by atoms with E-state index >= 15 is 8.78 Å². The molecule has 3 heterocycles. The molecular formula is C33H40F2N4O4. The van der Waals surface area contributed by atoms with Gasteiger partial charge in [-0.05, 0) is 105 Å². The van der Waals surface area contributed by atoms with Gasteiger partial charge in [-0.2, -0.15) is 0 Å². The third-order valence-electron chi connectivity index (χ3n) is 10.1. The Morgan fingerprint density at radius 3 is 2.37 bits per heavy atom. The number of methoxy groups -OCH3 is 1.